The zero-order valence-corrected chi connectivity index (χ0v) is 15.5. The van der Waals surface area contributed by atoms with Crippen LogP contribution < -0.4 is 9.47 Å². The summed E-state index contributed by atoms with van der Waals surface area (Å²) < 4.78 is 10.8. The number of hydrogen-bond donors (Lipinski definition) is 0. The lowest BCUT2D eigenvalue weighted by Crippen LogP contribution is -2.30. The van der Waals surface area contributed by atoms with Crippen LogP contribution in [0.25, 0.3) is 0 Å². The lowest BCUT2D eigenvalue weighted by molar-refractivity contribution is 0.352. The van der Waals surface area contributed by atoms with Gasteiger partial charge in [-0.1, -0.05) is 23.9 Å². The van der Waals surface area contributed by atoms with Crippen molar-refractivity contribution in [3.8, 4) is 11.5 Å². The van der Waals surface area contributed by atoms with E-state index in [1.165, 1.54) is 5.56 Å². The average molecular weight is 357 g/mol. The van der Waals surface area contributed by atoms with E-state index in [1.807, 2.05) is 36.2 Å². The zero-order chi connectivity index (χ0) is 17.5. The number of aliphatic imine (C=N–C) groups is 1. The topological polar surface area (TPSA) is 47.0 Å². The minimum absolute atomic E-state index is 0.745. The van der Waals surface area contributed by atoms with Gasteiger partial charge in [-0.05, 0) is 35.7 Å². The predicted molar refractivity (Wildman–Crippen MR) is 102 cm³/mol. The lowest BCUT2D eigenvalue weighted by atomic mass is 10.1. The summed E-state index contributed by atoms with van der Waals surface area (Å²) in [6.45, 7) is 2.45. The Labute approximate surface area is 153 Å². The maximum Gasteiger partial charge on any atom is 0.161 e. The predicted octanol–water partition coefficient (Wildman–Crippen LogP) is 3.59. The molecule has 3 rings (SSSR count). The fourth-order valence-electron chi connectivity index (χ4n) is 2.74. The molecule has 0 atom stereocenters. The van der Waals surface area contributed by atoms with Crippen molar-refractivity contribution in [2.75, 3.05) is 26.5 Å². The molecule has 1 aliphatic heterocycles. The standard InChI is InChI=1S/C19H23N3O2S/c1-23-17-7-6-15(11-18(17)24-2)13-22(19-21-9-4-10-25-19)14-16-5-3-8-20-12-16/h3,5-8,11-12H,4,9-10,13-14H2,1-2H3. The largest absolute Gasteiger partial charge is 0.493 e. The Morgan fingerprint density at radius 2 is 1.92 bits per heavy atom. The number of ether oxygens (including phenoxy) is 2. The van der Waals surface area contributed by atoms with Gasteiger partial charge in [0.1, 0.15) is 0 Å². The number of benzene rings is 1. The van der Waals surface area contributed by atoms with Crippen molar-refractivity contribution < 1.29 is 9.47 Å². The summed E-state index contributed by atoms with van der Waals surface area (Å²) in [5.41, 5.74) is 2.34. The maximum atomic E-state index is 5.43. The van der Waals surface area contributed by atoms with Crippen molar-refractivity contribution in [2.24, 2.45) is 4.99 Å². The smallest absolute Gasteiger partial charge is 0.161 e. The minimum atomic E-state index is 0.745. The van der Waals surface area contributed by atoms with E-state index in [2.05, 4.69) is 22.0 Å². The first-order valence-electron chi connectivity index (χ1n) is 8.32. The van der Waals surface area contributed by atoms with E-state index in [1.54, 1.807) is 20.4 Å². The molecule has 0 radical (unpaired) electrons. The second-order valence-corrected chi connectivity index (χ2v) is 6.84. The Hall–Kier alpha value is -2.21. The van der Waals surface area contributed by atoms with Crippen LogP contribution in [0.5, 0.6) is 11.5 Å². The van der Waals surface area contributed by atoms with E-state index >= 15 is 0 Å². The zero-order valence-electron chi connectivity index (χ0n) is 14.6. The maximum absolute atomic E-state index is 5.43. The molecule has 6 heteroatoms. The van der Waals surface area contributed by atoms with Crippen LogP contribution in [0.1, 0.15) is 17.5 Å². The van der Waals surface area contributed by atoms with E-state index in [0.29, 0.717) is 0 Å². The molecule has 1 aromatic carbocycles. The molecule has 2 heterocycles. The first-order valence-corrected chi connectivity index (χ1v) is 9.30. The van der Waals surface area contributed by atoms with Crippen LogP contribution in [0.2, 0.25) is 0 Å². The molecule has 0 amide bonds. The van der Waals surface area contributed by atoms with Gasteiger partial charge in [-0.3, -0.25) is 9.98 Å². The highest BCUT2D eigenvalue weighted by Gasteiger charge is 2.17. The monoisotopic (exact) mass is 357 g/mol. The number of nitrogens with zero attached hydrogens (tertiary/aromatic N) is 3. The molecule has 1 aliphatic rings. The Balaban J connectivity index is 1.83. The molecule has 1 aromatic heterocycles. The molecule has 0 aliphatic carbocycles. The van der Waals surface area contributed by atoms with Gasteiger partial charge in [0.2, 0.25) is 0 Å². The van der Waals surface area contributed by atoms with Gasteiger partial charge in [0.15, 0.2) is 16.7 Å². The Bertz CT molecular complexity index is 722. The van der Waals surface area contributed by atoms with Crippen molar-refractivity contribution >= 4 is 16.9 Å². The second kappa shape index (κ2) is 8.76. The lowest BCUT2D eigenvalue weighted by Gasteiger charge is -2.28. The molecule has 0 N–H and O–H groups in total. The van der Waals surface area contributed by atoms with Crippen molar-refractivity contribution in [3.05, 3.63) is 53.9 Å². The van der Waals surface area contributed by atoms with Gasteiger partial charge in [-0.25, -0.2) is 0 Å². The molecule has 0 bridgehead atoms. The number of hydrogen-bond acceptors (Lipinski definition) is 6. The SMILES string of the molecule is COc1ccc(CN(Cc2cccnc2)C2=NCCCS2)cc1OC. The number of rotatable bonds is 6. The minimum Gasteiger partial charge on any atom is -0.493 e. The third-order valence-corrected chi connectivity index (χ3v) is 5.11. The Kier molecular flexibility index (Phi) is 6.17. The van der Waals surface area contributed by atoms with E-state index in [0.717, 1.165) is 54.0 Å². The highest BCUT2D eigenvalue weighted by Crippen LogP contribution is 2.29. The molecule has 5 nitrogen and oxygen atoms in total. The van der Waals surface area contributed by atoms with Gasteiger partial charge in [-0.2, -0.15) is 0 Å². The molecule has 0 spiro atoms. The molecule has 25 heavy (non-hydrogen) atoms. The summed E-state index contributed by atoms with van der Waals surface area (Å²) in [7, 11) is 3.32. The Morgan fingerprint density at radius 1 is 1.08 bits per heavy atom. The van der Waals surface area contributed by atoms with Crippen LogP contribution in [0.15, 0.2) is 47.7 Å². The van der Waals surface area contributed by atoms with Crippen molar-refractivity contribution in [1.29, 1.82) is 0 Å². The quantitative estimate of drug-likeness (QED) is 0.791. The van der Waals surface area contributed by atoms with Crippen LogP contribution in [-0.4, -0.2) is 41.6 Å². The summed E-state index contributed by atoms with van der Waals surface area (Å²) >= 11 is 1.83. The molecule has 0 fully saturated rings. The summed E-state index contributed by atoms with van der Waals surface area (Å²) in [5.74, 6) is 2.61. The first kappa shape index (κ1) is 17.6. The number of aromatic nitrogens is 1. The number of pyridine rings is 1. The van der Waals surface area contributed by atoms with E-state index < -0.39 is 0 Å². The van der Waals surface area contributed by atoms with Gasteiger partial charge < -0.3 is 14.4 Å². The van der Waals surface area contributed by atoms with Crippen LogP contribution in [-0.2, 0) is 13.1 Å². The summed E-state index contributed by atoms with van der Waals surface area (Å²) in [5, 5.41) is 1.10. The molecular weight excluding hydrogens is 334 g/mol. The highest BCUT2D eigenvalue weighted by molar-refractivity contribution is 8.13. The van der Waals surface area contributed by atoms with E-state index in [9.17, 15) is 0 Å². The van der Waals surface area contributed by atoms with Crippen LogP contribution >= 0.6 is 11.8 Å². The molecule has 132 valence electrons. The summed E-state index contributed by atoms with van der Waals surface area (Å²) in [6, 6.07) is 10.1. The third kappa shape index (κ3) is 4.66. The Morgan fingerprint density at radius 3 is 2.60 bits per heavy atom. The van der Waals surface area contributed by atoms with Gasteiger partial charge in [0, 0.05) is 37.8 Å². The summed E-state index contributed by atoms with van der Waals surface area (Å²) in [6.07, 6.45) is 4.86. The van der Waals surface area contributed by atoms with Gasteiger partial charge >= 0.3 is 0 Å². The van der Waals surface area contributed by atoms with Gasteiger partial charge in [0.05, 0.1) is 14.2 Å². The third-order valence-electron chi connectivity index (χ3n) is 3.97. The van der Waals surface area contributed by atoms with Crippen LogP contribution in [0.3, 0.4) is 0 Å². The van der Waals surface area contributed by atoms with Gasteiger partial charge in [0.25, 0.3) is 0 Å². The fourth-order valence-corrected chi connectivity index (χ4v) is 3.69. The highest BCUT2D eigenvalue weighted by atomic mass is 32.2. The molecule has 0 unspecified atom stereocenters. The summed E-state index contributed by atoms with van der Waals surface area (Å²) in [4.78, 5) is 11.3. The normalized spacial score (nSPS) is 13.9. The number of thioether (sulfide) groups is 1. The number of amidine groups is 1. The van der Waals surface area contributed by atoms with Crippen LogP contribution in [0, 0.1) is 0 Å². The van der Waals surface area contributed by atoms with Gasteiger partial charge in [-0.15, -0.1) is 0 Å². The molecule has 0 saturated carbocycles. The molecular formula is C19H23N3O2S. The first-order chi connectivity index (χ1) is 12.3. The van der Waals surface area contributed by atoms with E-state index in [4.69, 9.17) is 14.5 Å². The fraction of sp³-hybridized carbons (Fsp3) is 0.368. The molecule has 0 saturated heterocycles. The number of methoxy groups -OCH3 is 2. The van der Waals surface area contributed by atoms with Crippen molar-refractivity contribution in [3.63, 3.8) is 0 Å². The van der Waals surface area contributed by atoms with Crippen molar-refractivity contribution in [2.45, 2.75) is 19.5 Å². The average Bonchev–Trinajstić information content (AvgIpc) is 2.69. The molecule has 2 aromatic rings. The van der Waals surface area contributed by atoms with Crippen molar-refractivity contribution in [1.82, 2.24) is 9.88 Å². The van der Waals surface area contributed by atoms with Crippen LogP contribution in [0.4, 0.5) is 0 Å². The van der Waals surface area contributed by atoms with E-state index in [-0.39, 0.29) is 0 Å². The second-order valence-electron chi connectivity index (χ2n) is 5.77.